The summed E-state index contributed by atoms with van der Waals surface area (Å²) in [5, 5.41) is 4.17. The minimum Gasteiger partial charge on any atom is -2.00 e. The molecule has 0 atom stereocenters. The van der Waals surface area contributed by atoms with Crippen molar-refractivity contribution in [3.05, 3.63) is 48.5 Å². The minimum absolute atomic E-state index is 0. The Morgan fingerprint density at radius 3 is 1.29 bits per heavy atom. The number of hydrogen-bond donors (Lipinski definition) is 2. The van der Waals surface area contributed by atoms with Crippen LogP contribution in [0.3, 0.4) is 0 Å². The van der Waals surface area contributed by atoms with E-state index in [-0.39, 0.29) is 61.1 Å². The largest absolute Gasteiger partial charge is 3.00 e. The van der Waals surface area contributed by atoms with E-state index in [1.165, 1.54) is 21.2 Å². The summed E-state index contributed by atoms with van der Waals surface area (Å²) in [7, 11) is 0. The topological polar surface area (TPSA) is 33.2 Å². The number of hydrogen-bond acceptors (Lipinski definition) is 2. The van der Waals surface area contributed by atoms with E-state index in [2.05, 4.69) is 59.3 Å². The van der Waals surface area contributed by atoms with Crippen molar-refractivity contribution < 1.29 is 44.8 Å². The molecule has 2 aromatic carbocycles. The Labute approximate surface area is 196 Å². The van der Waals surface area contributed by atoms with Crippen molar-refractivity contribution in [1.82, 2.24) is 0 Å². The van der Waals surface area contributed by atoms with E-state index >= 15 is 0 Å². The third-order valence-electron chi connectivity index (χ3n) is 2.83. The van der Waals surface area contributed by atoms with Gasteiger partial charge in [0, 0.05) is 35.7 Å². The average Bonchev–Trinajstić information content (AvgIpc) is 2.99. The first-order valence-corrected chi connectivity index (χ1v) is 8.60. The van der Waals surface area contributed by atoms with Gasteiger partial charge in [-0.05, 0) is 12.1 Å². The van der Waals surface area contributed by atoms with Gasteiger partial charge >= 0.3 is 42.8 Å². The Hall–Kier alpha value is 0.979. The van der Waals surface area contributed by atoms with Crippen LogP contribution in [0, 0.1) is 0 Å². The maximum absolute atomic E-state index is 4.26. The number of thioether (sulfide) groups is 2. The van der Waals surface area contributed by atoms with Gasteiger partial charge in [0.1, 0.15) is 0 Å². The minimum atomic E-state index is 0. The number of benzene rings is 2. The molecule has 0 saturated carbocycles. The quantitative estimate of drug-likeness (QED) is 0.136. The van der Waals surface area contributed by atoms with Gasteiger partial charge in [0.25, 0.3) is 0 Å². The molecule has 0 unspecified atom stereocenters. The van der Waals surface area contributed by atoms with E-state index in [4.69, 9.17) is 0 Å². The van der Waals surface area contributed by atoms with Crippen LogP contribution in [0.4, 0.5) is 11.4 Å². The predicted molar refractivity (Wildman–Crippen MR) is 110 cm³/mol. The number of nitrogens with two attached hydrogens (primary N) is 2. The molecule has 0 spiro atoms. The van der Waals surface area contributed by atoms with Gasteiger partial charge in [-0.2, -0.15) is 0 Å². The van der Waals surface area contributed by atoms with Crippen LogP contribution in [0.2, 0.25) is 0 Å². The Morgan fingerprint density at radius 2 is 0.958 bits per heavy atom. The Bertz CT molecular complexity index is 585. The van der Waals surface area contributed by atoms with Crippen molar-refractivity contribution in [3.63, 3.8) is 0 Å². The summed E-state index contributed by atoms with van der Waals surface area (Å²) in [5.74, 6) is 0. The molecule has 24 heavy (non-hydrogen) atoms. The zero-order chi connectivity index (χ0) is 13.9. The third kappa shape index (κ3) is 7.31. The van der Waals surface area contributed by atoms with Crippen LogP contribution in [0.5, 0.6) is 0 Å². The maximum Gasteiger partial charge on any atom is 3.00 e. The van der Waals surface area contributed by atoms with Crippen LogP contribution in [0.1, 0.15) is 0 Å². The van der Waals surface area contributed by atoms with Crippen LogP contribution in [0.25, 0.3) is 0 Å². The molecular formula is C14H14Fe2N2S6+6. The average molecular weight is 514 g/mol. The van der Waals surface area contributed by atoms with Crippen molar-refractivity contribution in [2.45, 2.75) is 9.79 Å². The Balaban J connectivity index is 0. The van der Waals surface area contributed by atoms with Crippen LogP contribution in [-0.4, -0.2) is 8.64 Å². The Morgan fingerprint density at radius 1 is 0.625 bits per heavy atom. The summed E-state index contributed by atoms with van der Waals surface area (Å²) in [6.45, 7) is 0. The number of para-hydroxylation sites is 2. The zero-order valence-electron chi connectivity index (χ0n) is 12.0. The van der Waals surface area contributed by atoms with Crippen LogP contribution in [-0.2, 0) is 85.6 Å². The van der Waals surface area contributed by atoms with Crippen molar-refractivity contribution in [1.29, 1.82) is 0 Å². The molecule has 0 saturated heterocycles. The van der Waals surface area contributed by atoms with Gasteiger partial charge in [0.2, 0.25) is 24.4 Å². The van der Waals surface area contributed by atoms with E-state index in [1.807, 2.05) is 24.3 Å². The monoisotopic (exact) mass is 514 g/mol. The van der Waals surface area contributed by atoms with Gasteiger partial charge in [0.05, 0.1) is 9.79 Å². The molecule has 0 aliphatic carbocycles. The van der Waals surface area contributed by atoms with Gasteiger partial charge < -0.3 is 27.0 Å². The van der Waals surface area contributed by atoms with Gasteiger partial charge in [-0.3, -0.25) is 0 Å². The number of fused-ring (bicyclic) bond motifs is 2. The molecule has 4 N–H and O–H groups in total. The molecule has 0 fully saturated rings. The molecule has 0 bridgehead atoms. The van der Waals surface area contributed by atoms with E-state index in [0.717, 1.165) is 8.64 Å². The molecule has 126 valence electrons. The zero-order valence-corrected chi connectivity index (χ0v) is 19.3. The van der Waals surface area contributed by atoms with Crippen molar-refractivity contribution >= 4 is 95.0 Å². The number of quaternary nitrogens is 2. The molecule has 10 heteroatoms. The van der Waals surface area contributed by atoms with Gasteiger partial charge in [-0.1, -0.05) is 24.3 Å². The summed E-state index contributed by atoms with van der Waals surface area (Å²) >= 11 is 12.0. The first kappa shape index (κ1) is 27.2. The number of thiol groups is 2. The normalized spacial score (nSPS) is 12.8. The molecule has 2 nitrogen and oxygen atoms in total. The fourth-order valence-electron chi connectivity index (χ4n) is 1.94. The standard InChI is InChI=1S/2C7H5NS2.2Fe.2S/c2*9-7-8-5-3-1-2-4-6(5)10-7;;;;/h2*1-4H,(H,8,9);;;;/q;;2*+3;2*-2/p+4. The third-order valence-corrected chi connectivity index (χ3v) is 5.47. The van der Waals surface area contributed by atoms with Crippen LogP contribution < -0.4 is 10.6 Å². The second-order valence-electron chi connectivity index (χ2n) is 4.24. The van der Waals surface area contributed by atoms with E-state index in [1.54, 1.807) is 23.5 Å². The van der Waals surface area contributed by atoms with Crippen LogP contribution >= 0.6 is 23.5 Å². The van der Waals surface area contributed by atoms with Crippen molar-refractivity contribution in [3.8, 4) is 0 Å². The second kappa shape index (κ2) is 13.2. The van der Waals surface area contributed by atoms with Gasteiger partial charge in [-0.25, -0.2) is 10.6 Å². The van der Waals surface area contributed by atoms with Gasteiger partial charge in [-0.15, -0.1) is 0 Å². The van der Waals surface area contributed by atoms with Gasteiger partial charge in [0.15, 0.2) is 11.4 Å². The molecule has 4 rings (SSSR count). The van der Waals surface area contributed by atoms with Crippen molar-refractivity contribution in [2.75, 3.05) is 0 Å². The maximum atomic E-state index is 4.26. The van der Waals surface area contributed by atoms with E-state index in [0.29, 0.717) is 0 Å². The SMILES string of the molecule is [Fe+3].[Fe+3].[S-2].[S-2].[SH+]=C1[NH2+]c2ccccc2S1.[SH+]=C1[NH2+]c2ccccc2S1. The Kier molecular flexibility index (Phi) is 15.0. The smallest absolute Gasteiger partial charge is 2.00 e. The first-order valence-electron chi connectivity index (χ1n) is 6.07. The summed E-state index contributed by atoms with van der Waals surface area (Å²) < 4.78 is 2.17. The summed E-state index contributed by atoms with van der Waals surface area (Å²) in [6.07, 6.45) is 0. The second-order valence-corrected chi connectivity index (χ2v) is 7.98. The van der Waals surface area contributed by atoms with Crippen molar-refractivity contribution in [2.24, 2.45) is 0 Å². The molecule has 0 aromatic heterocycles. The predicted octanol–water partition coefficient (Wildman–Crippen LogP) is 0.698. The van der Waals surface area contributed by atoms with E-state index in [9.17, 15) is 0 Å². The number of rotatable bonds is 0. The fraction of sp³-hybridized carbons (Fsp3) is 0. The summed E-state index contributed by atoms with van der Waals surface area (Å²) in [4.78, 5) is 2.63. The first-order chi connectivity index (χ1) is 9.72. The molecular weight excluding hydrogens is 500 g/mol. The molecule has 0 amide bonds. The fourth-order valence-corrected chi connectivity index (χ4v) is 4.41. The summed E-state index contributed by atoms with van der Waals surface area (Å²) in [5.41, 5.74) is 2.58. The molecule has 2 aliphatic rings. The molecule has 2 aliphatic heterocycles. The molecule has 2 aromatic rings. The van der Waals surface area contributed by atoms with Crippen LogP contribution in [0.15, 0.2) is 58.3 Å². The van der Waals surface area contributed by atoms with E-state index < -0.39 is 0 Å². The summed E-state index contributed by atoms with van der Waals surface area (Å²) in [6, 6.07) is 16.6. The molecule has 2 radical (unpaired) electrons. The molecule has 2 heterocycles.